The van der Waals surface area contributed by atoms with E-state index in [1.165, 1.54) is 0 Å². The van der Waals surface area contributed by atoms with Crippen molar-refractivity contribution >= 4 is 11.9 Å². The summed E-state index contributed by atoms with van der Waals surface area (Å²) in [6.07, 6.45) is 6.71. The fourth-order valence-electron chi connectivity index (χ4n) is 1.35. The van der Waals surface area contributed by atoms with E-state index in [4.69, 9.17) is 15.2 Å². The van der Waals surface area contributed by atoms with Crippen LogP contribution in [0.2, 0.25) is 0 Å². The molecule has 0 unspecified atom stereocenters. The second-order valence-corrected chi connectivity index (χ2v) is 4.32. The minimum absolute atomic E-state index is 0.211. The van der Waals surface area contributed by atoms with E-state index in [2.05, 4.69) is 13.8 Å². The molecule has 110 valence electrons. The molecule has 0 heterocycles. The molecule has 0 saturated heterocycles. The number of rotatable bonds is 10. The SMILES string of the molecule is CCCCCOC(=O)C=C(N)C(=O)OCCCCC. The van der Waals surface area contributed by atoms with E-state index in [0.717, 1.165) is 44.6 Å². The lowest BCUT2D eigenvalue weighted by Crippen LogP contribution is -2.17. The number of carbonyl (C=O) groups excluding carboxylic acids is 2. The second kappa shape index (κ2) is 11.6. The minimum atomic E-state index is -0.665. The Morgan fingerprint density at radius 1 is 0.947 bits per heavy atom. The molecular formula is C14H25NO4. The molecule has 0 radical (unpaired) electrons. The third-order valence-electron chi connectivity index (χ3n) is 2.48. The van der Waals surface area contributed by atoms with E-state index >= 15 is 0 Å². The van der Waals surface area contributed by atoms with Gasteiger partial charge in [-0.15, -0.1) is 0 Å². The zero-order valence-electron chi connectivity index (χ0n) is 11.9. The fraction of sp³-hybridized carbons (Fsp3) is 0.714. The Hall–Kier alpha value is -1.52. The normalized spacial score (nSPS) is 11.2. The lowest BCUT2D eigenvalue weighted by atomic mass is 10.3. The number of nitrogens with two attached hydrogens (primary N) is 1. The van der Waals surface area contributed by atoms with Crippen LogP contribution in [0, 0.1) is 0 Å². The Labute approximate surface area is 115 Å². The molecule has 2 N–H and O–H groups in total. The van der Waals surface area contributed by atoms with Crippen LogP contribution in [0.1, 0.15) is 52.4 Å². The highest BCUT2D eigenvalue weighted by molar-refractivity contribution is 5.95. The smallest absolute Gasteiger partial charge is 0.354 e. The van der Waals surface area contributed by atoms with Gasteiger partial charge in [0.05, 0.1) is 19.3 Å². The van der Waals surface area contributed by atoms with Crippen molar-refractivity contribution in [1.82, 2.24) is 0 Å². The van der Waals surface area contributed by atoms with E-state index in [0.29, 0.717) is 13.2 Å². The van der Waals surface area contributed by atoms with E-state index in [9.17, 15) is 9.59 Å². The zero-order valence-corrected chi connectivity index (χ0v) is 11.9. The summed E-state index contributed by atoms with van der Waals surface area (Å²) in [6.45, 7) is 4.80. The lowest BCUT2D eigenvalue weighted by molar-refractivity contribution is -0.141. The van der Waals surface area contributed by atoms with Gasteiger partial charge >= 0.3 is 11.9 Å². The maximum absolute atomic E-state index is 11.4. The van der Waals surface area contributed by atoms with E-state index in [1.54, 1.807) is 0 Å². The van der Waals surface area contributed by atoms with E-state index in [-0.39, 0.29) is 5.70 Å². The summed E-state index contributed by atoms with van der Waals surface area (Å²) in [4.78, 5) is 22.7. The fourth-order valence-corrected chi connectivity index (χ4v) is 1.35. The first-order chi connectivity index (χ1) is 9.11. The summed E-state index contributed by atoms with van der Waals surface area (Å²) in [5, 5.41) is 0. The van der Waals surface area contributed by atoms with Crippen molar-refractivity contribution < 1.29 is 19.1 Å². The Morgan fingerprint density at radius 3 is 2.00 bits per heavy atom. The first-order valence-corrected chi connectivity index (χ1v) is 6.92. The van der Waals surface area contributed by atoms with Gasteiger partial charge in [0.15, 0.2) is 0 Å². The largest absolute Gasteiger partial charge is 0.462 e. The molecule has 0 aliphatic carbocycles. The predicted octanol–water partition coefficient (Wildman–Crippen LogP) is 2.30. The molecule has 0 saturated carbocycles. The van der Waals surface area contributed by atoms with Gasteiger partial charge in [0.25, 0.3) is 0 Å². The Balaban J connectivity index is 3.88. The first kappa shape index (κ1) is 17.5. The summed E-state index contributed by atoms with van der Waals surface area (Å²) >= 11 is 0. The minimum Gasteiger partial charge on any atom is -0.462 e. The summed E-state index contributed by atoms with van der Waals surface area (Å²) in [5.74, 6) is -1.26. The van der Waals surface area contributed by atoms with Crippen LogP contribution in [0.25, 0.3) is 0 Å². The molecular weight excluding hydrogens is 246 g/mol. The third kappa shape index (κ3) is 10.1. The quantitative estimate of drug-likeness (QED) is 0.375. The number of hydrogen-bond acceptors (Lipinski definition) is 5. The molecule has 0 spiro atoms. The van der Waals surface area contributed by atoms with Gasteiger partial charge < -0.3 is 15.2 Å². The molecule has 5 nitrogen and oxygen atoms in total. The topological polar surface area (TPSA) is 78.6 Å². The molecule has 0 aliphatic rings. The molecule has 0 bridgehead atoms. The van der Waals surface area contributed by atoms with Crippen LogP contribution >= 0.6 is 0 Å². The molecule has 0 aromatic carbocycles. The molecule has 0 aromatic rings. The second-order valence-electron chi connectivity index (χ2n) is 4.32. The molecule has 19 heavy (non-hydrogen) atoms. The lowest BCUT2D eigenvalue weighted by Gasteiger charge is -2.04. The molecule has 0 fully saturated rings. The summed E-state index contributed by atoms with van der Waals surface area (Å²) in [5.41, 5.74) is 5.24. The van der Waals surface area contributed by atoms with Gasteiger partial charge in [0.1, 0.15) is 5.70 Å². The maximum atomic E-state index is 11.4. The highest BCUT2D eigenvalue weighted by atomic mass is 16.5. The van der Waals surface area contributed by atoms with Crippen LogP contribution in [0.4, 0.5) is 0 Å². The van der Waals surface area contributed by atoms with Gasteiger partial charge in [-0.3, -0.25) is 0 Å². The Bertz CT molecular complexity index is 300. The van der Waals surface area contributed by atoms with Crippen molar-refractivity contribution in [1.29, 1.82) is 0 Å². The van der Waals surface area contributed by atoms with Gasteiger partial charge in [-0.1, -0.05) is 39.5 Å². The third-order valence-corrected chi connectivity index (χ3v) is 2.48. The molecule has 0 aromatic heterocycles. The summed E-state index contributed by atoms with van der Waals surface area (Å²) in [7, 11) is 0. The van der Waals surface area contributed by atoms with Crippen molar-refractivity contribution in [2.75, 3.05) is 13.2 Å². The van der Waals surface area contributed by atoms with Crippen LogP contribution in [0.15, 0.2) is 11.8 Å². The monoisotopic (exact) mass is 271 g/mol. The molecule has 0 rings (SSSR count). The maximum Gasteiger partial charge on any atom is 0.354 e. The average Bonchev–Trinajstić information content (AvgIpc) is 2.39. The molecule has 0 aliphatic heterocycles. The number of ether oxygens (including phenoxy) is 2. The summed E-state index contributed by atoms with van der Waals surface area (Å²) in [6, 6.07) is 0. The van der Waals surface area contributed by atoms with Crippen LogP contribution in [-0.2, 0) is 19.1 Å². The van der Waals surface area contributed by atoms with Crippen molar-refractivity contribution in [2.24, 2.45) is 5.73 Å². The van der Waals surface area contributed by atoms with Crippen molar-refractivity contribution in [3.8, 4) is 0 Å². The van der Waals surface area contributed by atoms with Crippen molar-refractivity contribution in [3.63, 3.8) is 0 Å². The van der Waals surface area contributed by atoms with E-state index in [1.807, 2.05) is 0 Å². The van der Waals surface area contributed by atoms with Crippen LogP contribution < -0.4 is 5.73 Å². The van der Waals surface area contributed by atoms with Gasteiger partial charge in [0, 0.05) is 0 Å². The molecule has 5 heteroatoms. The van der Waals surface area contributed by atoms with Crippen LogP contribution in [-0.4, -0.2) is 25.2 Å². The number of carbonyl (C=O) groups is 2. The van der Waals surface area contributed by atoms with Crippen LogP contribution in [0.5, 0.6) is 0 Å². The van der Waals surface area contributed by atoms with Gasteiger partial charge in [0.2, 0.25) is 0 Å². The summed E-state index contributed by atoms with van der Waals surface area (Å²) < 4.78 is 9.81. The zero-order chi connectivity index (χ0) is 14.5. The van der Waals surface area contributed by atoms with Crippen molar-refractivity contribution in [3.05, 3.63) is 11.8 Å². The molecule has 0 amide bonds. The van der Waals surface area contributed by atoms with Crippen molar-refractivity contribution in [2.45, 2.75) is 52.4 Å². The Kier molecular flexibility index (Phi) is 10.6. The first-order valence-electron chi connectivity index (χ1n) is 6.92. The van der Waals surface area contributed by atoms with Crippen LogP contribution in [0.3, 0.4) is 0 Å². The van der Waals surface area contributed by atoms with Gasteiger partial charge in [-0.2, -0.15) is 0 Å². The molecule has 0 atom stereocenters. The van der Waals surface area contributed by atoms with Gasteiger partial charge in [-0.05, 0) is 12.8 Å². The number of unbranched alkanes of at least 4 members (excludes halogenated alkanes) is 4. The highest BCUT2D eigenvalue weighted by Crippen LogP contribution is 1.99. The van der Waals surface area contributed by atoms with E-state index < -0.39 is 11.9 Å². The number of hydrogen-bond donors (Lipinski definition) is 1. The highest BCUT2D eigenvalue weighted by Gasteiger charge is 2.09. The standard InChI is InChI=1S/C14H25NO4/c1-3-5-7-9-18-13(16)11-12(15)14(17)19-10-8-6-4-2/h11H,3-10,15H2,1-2H3. The Morgan fingerprint density at radius 2 is 1.47 bits per heavy atom. The average molecular weight is 271 g/mol. The van der Waals surface area contributed by atoms with Gasteiger partial charge in [-0.25, -0.2) is 9.59 Å². The number of esters is 2. The predicted molar refractivity (Wildman–Crippen MR) is 73.2 cm³/mol.